The molecule has 0 radical (unpaired) electrons. The van der Waals surface area contributed by atoms with E-state index in [2.05, 4.69) is 30.7 Å². The van der Waals surface area contributed by atoms with Gasteiger partial charge < -0.3 is 40.1 Å². The second kappa shape index (κ2) is 17.6. The molecule has 0 bridgehead atoms. The van der Waals surface area contributed by atoms with Crippen LogP contribution in [0.25, 0.3) is 0 Å². The van der Waals surface area contributed by atoms with E-state index in [-0.39, 0.29) is 41.8 Å². The van der Waals surface area contributed by atoms with Gasteiger partial charge in [-0.25, -0.2) is 9.78 Å². The van der Waals surface area contributed by atoms with E-state index in [1.54, 1.807) is 50.4 Å². The maximum absolute atomic E-state index is 13.3. The van der Waals surface area contributed by atoms with Gasteiger partial charge in [-0.2, -0.15) is 4.98 Å². The summed E-state index contributed by atoms with van der Waals surface area (Å²) in [6.07, 6.45) is 9.86. The van der Waals surface area contributed by atoms with Gasteiger partial charge in [-0.05, 0) is 82.5 Å². The van der Waals surface area contributed by atoms with Gasteiger partial charge in [0.1, 0.15) is 23.0 Å². The number of esters is 1. The van der Waals surface area contributed by atoms with Crippen LogP contribution in [0.2, 0.25) is 0 Å². The summed E-state index contributed by atoms with van der Waals surface area (Å²) < 4.78 is 10.6. The minimum Gasteiger partial charge on any atom is -0.495 e. The number of benzene rings is 1. The highest BCUT2D eigenvalue weighted by atomic mass is 16.5. The van der Waals surface area contributed by atoms with Crippen LogP contribution in [0.1, 0.15) is 102 Å². The zero-order chi connectivity index (χ0) is 38.3. The van der Waals surface area contributed by atoms with Gasteiger partial charge in [0.2, 0.25) is 17.8 Å². The Balaban J connectivity index is 1.14. The predicted molar refractivity (Wildman–Crippen MR) is 205 cm³/mol. The van der Waals surface area contributed by atoms with Gasteiger partial charge in [0, 0.05) is 44.2 Å². The van der Waals surface area contributed by atoms with E-state index in [1.807, 2.05) is 20.8 Å². The van der Waals surface area contributed by atoms with Crippen molar-refractivity contribution in [3.8, 4) is 5.75 Å². The molecule has 0 spiro atoms. The Morgan fingerprint density at radius 3 is 2.43 bits per heavy atom. The van der Waals surface area contributed by atoms with Crippen LogP contribution < -0.4 is 30.5 Å². The Kier molecular flexibility index (Phi) is 13.2. The van der Waals surface area contributed by atoms with E-state index in [0.29, 0.717) is 54.3 Å². The third-order valence-electron chi connectivity index (χ3n) is 10.8. The Morgan fingerprint density at radius 2 is 1.79 bits per heavy atom. The van der Waals surface area contributed by atoms with Gasteiger partial charge in [-0.15, -0.1) is 0 Å². The molecular formula is C39H58N8O6. The SMILES string of the molecule is CC[C@@H]1C(=O)N(C)c2cnc(Nc3ccc(C(=O)NC4CCN(CCCC(=O)NC(C)(CC(C)C)C(=O)OC)CC4)cc3OC)nc2N1C1CCCC1. The summed E-state index contributed by atoms with van der Waals surface area (Å²) >= 11 is 0. The average molecular weight is 735 g/mol. The van der Waals surface area contributed by atoms with Crippen molar-refractivity contribution in [2.75, 3.05) is 56.0 Å². The summed E-state index contributed by atoms with van der Waals surface area (Å²) in [5, 5.41) is 9.36. The fraction of sp³-hybridized carbons (Fsp3) is 0.641. The van der Waals surface area contributed by atoms with Crippen molar-refractivity contribution in [3.05, 3.63) is 30.0 Å². The van der Waals surface area contributed by atoms with Crippen LogP contribution in [-0.2, 0) is 19.1 Å². The second-order valence-electron chi connectivity index (χ2n) is 15.3. The number of carbonyl (C=O) groups excluding carboxylic acids is 4. The molecule has 1 aromatic heterocycles. The van der Waals surface area contributed by atoms with Gasteiger partial charge in [-0.1, -0.05) is 33.6 Å². The summed E-state index contributed by atoms with van der Waals surface area (Å²) in [5.41, 5.74) is 0.776. The highest BCUT2D eigenvalue weighted by Crippen LogP contribution is 2.40. The third-order valence-corrected chi connectivity index (χ3v) is 10.8. The van der Waals surface area contributed by atoms with Crippen molar-refractivity contribution in [1.29, 1.82) is 0 Å². The van der Waals surface area contributed by atoms with Crippen molar-refractivity contribution in [2.24, 2.45) is 5.92 Å². The van der Waals surface area contributed by atoms with Crippen LogP contribution in [0.4, 0.5) is 23.1 Å². The monoisotopic (exact) mass is 734 g/mol. The maximum atomic E-state index is 13.3. The van der Waals surface area contributed by atoms with E-state index in [9.17, 15) is 19.2 Å². The van der Waals surface area contributed by atoms with E-state index in [4.69, 9.17) is 14.5 Å². The first-order chi connectivity index (χ1) is 25.4. The molecule has 3 amide bonds. The van der Waals surface area contributed by atoms with Crippen molar-refractivity contribution in [1.82, 2.24) is 25.5 Å². The van der Waals surface area contributed by atoms with Gasteiger partial charge in [0.05, 0.1) is 26.1 Å². The lowest BCUT2D eigenvalue weighted by atomic mass is 9.90. The molecule has 1 saturated heterocycles. The Bertz CT molecular complexity index is 1620. The van der Waals surface area contributed by atoms with E-state index in [1.165, 1.54) is 7.11 Å². The molecule has 53 heavy (non-hydrogen) atoms. The molecule has 1 aliphatic carbocycles. The molecule has 1 saturated carbocycles. The number of rotatable bonds is 15. The molecule has 2 aliphatic heterocycles. The lowest BCUT2D eigenvalue weighted by Gasteiger charge is -2.43. The number of amides is 3. The van der Waals surface area contributed by atoms with Crippen LogP contribution in [0, 0.1) is 5.92 Å². The average Bonchev–Trinajstić information content (AvgIpc) is 3.67. The molecule has 1 aromatic carbocycles. The summed E-state index contributed by atoms with van der Waals surface area (Å²) in [7, 11) is 4.69. The van der Waals surface area contributed by atoms with E-state index in [0.717, 1.165) is 64.0 Å². The first-order valence-electron chi connectivity index (χ1n) is 19.2. The molecule has 2 aromatic rings. The predicted octanol–water partition coefficient (Wildman–Crippen LogP) is 4.80. The van der Waals surface area contributed by atoms with Crippen LogP contribution in [0.5, 0.6) is 5.75 Å². The normalized spacial score (nSPS) is 19.5. The van der Waals surface area contributed by atoms with Crippen molar-refractivity contribution in [2.45, 2.75) is 116 Å². The molecule has 290 valence electrons. The topological polar surface area (TPSA) is 158 Å². The van der Waals surface area contributed by atoms with Crippen molar-refractivity contribution < 1.29 is 28.7 Å². The van der Waals surface area contributed by atoms with Gasteiger partial charge in [0.25, 0.3) is 5.91 Å². The van der Waals surface area contributed by atoms with Crippen LogP contribution in [0.15, 0.2) is 24.4 Å². The quantitative estimate of drug-likeness (QED) is 0.216. The molecular weight excluding hydrogens is 676 g/mol. The number of nitrogens with one attached hydrogen (secondary N) is 3. The standard InChI is InChI=1S/C39H58N8O6/c1-8-30-36(50)45(5)31-24-40-38(43-34(31)47(30)28-12-9-10-13-28)42-29-16-15-26(22-32(29)52-6)35(49)41-27-17-20-46(21-18-27)19-11-14-33(48)44-39(4,23-25(2)3)37(51)53-7/h15-16,22,24-25,27-28,30H,8-14,17-21,23H2,1-7H3,(H,41,49)(H,44,48)(H,40,42,43)/t30-,39?/m1/s1. The van der Waals surface area contributed by atoms with Crippen LogP contribution >= 0.6 is 0 Å². The minimum absolute atomic E-state index is 0.0336. The molecule has 14 nitrogen and oxygen atoms in total. The fourth-order valence-corrected chi connectivity index (χ4v) is 8.13. The molecule has 14 heteroatoms. The smallest absolute Gasteiger partial charge is 0.331 e. The van der Waals surface area contributed by atoms with Crippen LogP contribution in [0.3, 0.4) is 0 Å². The lowest BCUT2D eigenvalue weighted by Crippen LogP contribution is -2.55. The number of carbonyl (C=O) groups is 4. The molecule has 3 N–H and O–H groups in total. The van der Waals surface area contributed by atoms with Gasteiger partial charge in [-0.3, -0.25) is 14.4 Å². The zero-order valence-corrected chi connectivity index (χ0v) is 32.5. The molecule has 1 unspecified atom stereocenters. The Morgan fingerprint density at radius 1 is 1.08 bits per heavy atom. The number of likely N-dealkylation sites (N-methyl/N-ethyl adjacent to an activating group) is 1. The molecule has 5 rings (SSSR count). The number of aromatic nitrogens is 2. The number of hydrogen-bond donors (Lipinski definition) is 3. The van der Waals surface area contributed by atoms with E-state index < -0.39 is 11.5 Å². The molecule has 2 atom stereocenters. The summed E-state index contributed by atoms with van der Waals surface area (Å²) in [6, 6.07) is 5.31. The van der Waals surface area contributed by atoms with Crippen LogP contribution in [-0.4, -0.2) is 103 Å². The zero-order valence-electron chi connectivity index (χ0n) is 32.5. The highest BCUT2D eigenvalue weighted by molar-refractivity contribution is 6.04. The summed E-state index contributed by atoms with van der Waals surface area (Å²) in [4.78, 5) is 67.3. The molecule has 2 fully saturated rings. The first kappa shape index (κ1) is 39.7. The van der Waals surface area contributed by atoms with Crippen molar-refractivity contribution in [3.63, 3.8) is 0 Å². The number of fused-ring (bicyclic) bond motifs is 1. The number of nitrogens with zero attached hydrogens (tertiary/aromatic N) is 5. The third kappa shape index (κ3) is 9.38. The maximum Gasteiger partial charge on any atom is 0.331 e. The summed E-state index contributed by atoms with van der Waals surface area (Å²) in [6.45, 7) is 10.2. The number of ether oxygens (including phenoxy) is 2. The molecule has 3 heterocycles. The second-order valence-corrected chi connectivity index (χ2v) is 15.3. The number of hydrogen-bond acceptors (Lipinski definition) is 11. The summed E-state index contributed by atoms with van der Waals surface area (Å²) in [5.74, 6) is 1.16. The largest absolute Gasteiger partial charge is 0.495 e. The first-order valence-corrected chi connectivity index (χ1v) is 19.2. The lowest BCUT2D eigenvalue weighted by molar-refractivity contribution is -0.151. The van der Waals surface area contributed by atoms with Gasteiger partial charge in [0.15, 0.2) is 5.82 Å². The molecule has 3 aliphatic rings. The number of anilines is 4. The Hall–Kier alpha value is -4.46. The minimum atomic E-state index is -1.04. The number of likely N-dealkylation sites (tertiary alicyclic amines) is 1. The number of methoxy groups -OCH3 is 2. The van der Waals surface area contributed by atoms with Gasteiger partial charge >= 0.3 is 5.97 Å². The fourth-order valence-electron chi connectivity index (χ4n) is 8.13. The highest BCUT2D eigenvalue weighted by Gasteiger charge is 2.41. The number of piperidine rings is 1. The van der Waals surface area contributed by atoms with E-state index >= 15 is 0 Å². The van der Waals surface area contributed by atoms with Crippen molar-refractivity contribution >= 4 is 46.8 Å². The Labute approximate surface area is 313 Å².